The van der Waals surface area contributed by atoms with Gasteiger partial charge in [-0.3, -0.25) is 9.36 Å². The first-order chi connectivity index (χ1) is 8.54. The number of rotatable bonds is 7. The monoisotopic (exact) mass is 272 g/mol. The molecule has 0 radical (unpaired) electrons. The van der Waals surface area contributed by atoms with Gasteiger partial charge in [0.1, 0.15) is 5.75 Å². The second kappa shape index (κ2) is 6.69. The smallest absolute Gasteiger partial charge is 0.335 e. The van der Waals surface area contributed by atoms with Crippen LogP contribution in [0.3, 0.4) is 0 Å². The zero-order valence-electron chi connectivity index (χ0n) is 10.5. The van der Waals surface area contributed by atoms with Crippen LogP contribution < -0.4 is 0 Å². The molecule has 0 bridgehead atoms. The van der Waals surface area contributed by atoms with E-state index < -0.39 is 7.60 Å². The Balaban J connectivity index is 2.93. The summed E-state index contributed by atoms with van der Waals surface area (Å²) in [5.41, 5.74) is 0.784. The zero-order valence-corrected chi connectivity index (χ0v) is 11.4. The van der Waals surface area contributed by atoms with E-state index >= 15 is 0 Å². The molecule has 0 aliphatic rings. The number of hydrogen-bond acceptors (Lipinski definition) is 5. The van der Waals surface area contributed by atoms with Gasteiger partial charge in [0, 0.05) is 0 Å². The average molecular weight is 272 g/mol. The third-order valence-corrected chi connectivity index (χ3v) is 4.30. The molecule has 0 saturated heterocycles. The van der Waals surface area contributed by atoms with Crippen molar-refractivity contribution in [3.63, 3.8) is 0 Å². The summed E-state index contributed by atoms with van der Waals surface area (Å²) in [7, 11) is -3.18. The van der Waals surface area contributed by atoms with Crippen LogP contribution in [-0.4, -0.2) is 24.6 Å². The Labute approximate surface area is 106 Å². The molecule has 0 aliphatic heterocycles. The third-order valence-electron chi connectivity index (χ3n) is 2.25. The molecule has 100 valence electrons. The fraction of sp³-hybridized carbons (Fsp3) is 0.417. The van der Waals surface area contributed by atoms with Crippen molar-refractivity contribution in [2.45, 2.75) is 20.0 Å². The number of benzene rings is 1. The van der Waals surface area contributed by atoms with Crippen molar-refractivity contribution in [3.05, 3.63) is 29.3 Å². The molecule has 0 aliphatic carbocycles. The van der Waals surface area contributed by atoms with Gasteiger partial charge in [-0.1, -0.05) is 6.07 Å². The number of phenolic OH excluding ortho intramolecular Hbond substituents is 1. The van der Waals surface area contributed by atoms with Gasteiger partial charge in [-0.15, -0.1) is 0 Å². The Bertz CT molecular complexity index is 448. The molecule has 1 aromatic rings. The van der Waals surface area contributed by atoms with Gasteiger partial charge >= 0.3 is 7.60 Å². The molecule has 1 aromatic carbocycles. The SMILES string of the molecule is CCOP(=O)(Cc1ccc(O)c(C=O)c1)OCC. The van der Waals surface area contributed by atoms with Crippen molar-refractivity contribution < 1.29 is 23.5 Å². The molecular weight excluding hydrogens is 255 g/mol. The maximum atomic E-state index is 12.3. The van der Waals surface area contributed by atoms with E-state index in [4.69, 9.17) is 9.05 Å². The van der Waals surface area contributed by atoms with E-state index in [0.717, 1.165) is 0 Å². The predicted octanol–water partition coefficient (Wildman–Crippen LogP) is 2.97. The van der Waals surface area contributed by atoms with Crippen LogP contribution in [0.15, 0.2) is 18.2 Å². The highest BCUT2D eigenvalue weighted by molar-refractivity contribution is 7.53. The van der Waals surface area contributed by atoms with Crippen molar-refractivity contribution in [2.75, 3.05) is 13.2 Å². The second-order valence-electron chi connectivity index (χ2n) is 3.62. The Morgan fingerprint density at radius 1 is 1.28 bits per heavy atom. The van der Waals surface area contributed by atoms with E-state index in [1.165, 1.54) is 12.1 Å². The summed E-state index contributed by atoms with van der Waals surface area (Å²) in [6.07, 6.45) is 0.626. The van der Waals surface area contributed by atoms with Crippen LogP contribution in [0.5, 0.6) is 5.75 Å². The summed E-state index contributed by atoms with van der Waals surface area (Å²) in [6.45, 7) is 4.05. The van der Waals surface area contributed by atoms with E-state index in [9.17, 15) is 14.5 Å². The highest BCUT2D eigenvalue weighted by atomic mass is 31.2. The van der Waals surface area contributed by atoms with Gasteiger partial charge in [0.15, 0.2) is 6.29 Å². The molecule has 0 unspecified atom stereocenters. The number of carbonyl (C=O) groups is 1. The van der Waals surface area contributed by atoms with Crippen LogP contribution in [0.4, 0.5) is 0 Å². The van der Waals surface area contributed by atoms with E-state index in [2.05, 4.69) is 0 Å². The molecule has 0 atom stereocenters. The van der Waals surface area contributed by atoms with Gasteiger partial charge in [-0.05, 0) is 31.5 Å². The molecule has 0 fully saturated rings. The number of aromatic hydroxyl groups is 1. The molecule has 1 rings (SSSR count). The molecule has 1 N–H and O–H groups in total. The van der Waals surface area contributed by atoms with Gasteiger partial charge in [0.25, 0.3) is 0 Å². The first kappa shape index (κ1) is 14.9. The first-order valence-electron chi connectivity index (χ1n) is 5.70. The van der Waals surface area contributed by atoms with E-state index in [1.807, 2.05) is 0 Å². The van der Waals surface area contributed by atoms with E-state index in [1.54, 1.807) is 19.9 Å². The standard InChI is InChI=1S/C12H17O5P/c1-3-16-18(15,17-4-2)9-10-5-6-12(14)11(7-10)8-13/h5-8,14H,3-4,9H2,1-2H3. The Hall–Kier alpha value is -1.16. The average Bonchev–Trinajstić information content (AvgIpc) is 2.32. The minimum absolute atomic E-state index is 0.0792. The molecule has 5 nitrogen and oxygen atoms in total. The van der Waals surface area contributed by atoms with Crippen LogP contribution in [0.1, 0.15) is 29.8 Å². The highest BCUT2D eigenvalue weighted by Gasteiger charge is 2.24. The van der Waals surface area contributed by atoms with Crippen molar-refractivity contribution in [3.8, 4) is 5.75 Å². The number of phenols is 1. The van der Waals surface area contributed by atoms with E-state index in [-0.39, 0.29) is 30.7 Å². The van der Waals surface area contributed by atoms with Crippen molar-refractivity contribution in [1.29, 1.82) is 0 Å². The lowest BCUT2D eigenvalue weighted by Gasteiger charge is -2.17. The van der Waals surface area contributed by atoms with Crippen molar-refractivity contribution >= 4 is 13.9 Å². The summed E-state index contributed by atoms with van der Waals surface area (Å²) >= 11 is 0. The molecule has 0 amide bonds. The fourth-order valence-corrected chi connectivity index (χ4v) is 3.23. The summed E-state index contributed by atoms with van der Waals surface area (Å²) < 4.78 is 22.6. The second-order valence-corrected chi connectivity index (χ2v) is 5.67. The lowest BCUT2D eigenvalue weighted by atomic mass is 10.1. The number of hydrogen-bond donors (Lipinski definition) is 1. The molecule has 0 spiro atoms. The van der Waals surface area contributed by atoms with Gasteiger partial charge < -0.3 is 14.2 Å². The lowest BCUT2D eigenvalue weighted by Crippen LogP contribution is -1.99. The van der Waals surface area contributed by atoms with Gasteiger partial charge in [-0.2, -0.15) is 0 Å². The zero-order chi connectivity index (χ0) is 13.6. The minimum atomic E-state index is -3.18. The Kier molecular flexibility index (Phi) is 5.54. The van der Waals surface area contributed by atoms with Gasteiger partial charge in [0.05, 0.1) is 24.9 Å². The highest BCUT2D eigenvalue weighted by Crippen LogP contribution is 2.51. The van der Waals surface area contributed by atoms with E-state index in [0.29, 0.717) is 11.8 Å². The van der Waals surface area contributed by atoms with Crippen LogP contribution >= 0.6 is 7.60 Å². The van der Waals surface area contributed by atoms with Crippen molar-refractivity contribution in [1.82, 2.24) is 0 Å². The largest absolute Gasteiger partial charge is 0.507 e. The van der Waals surface area contributed by atoms with Crippen LogP contribution in [0.25, 0.3) is 0 Å². The fourth-order valence-electron chi connectivity index (χ4n) is 1.54. The maximum Gasteiger partial charge on any atom is 0.335 e. The first-order valence-corrected chi connectivity index (χ1v) is 7.42. The van der Waals surface area contributed by atoms with Gasteiger partial charge in [0.2, 0.25) is 0 Å². The topological polar surface area (TPSA) is 72.8 Å². The Morgan fingerprint density at radius 3 is 2.39 bits per heavy atom. The predicted molar refractivity (Wildman–Crippen MR) is 68.1 cm³/mol. The summed E-state index contributed by atoms with van der Waals surface area (Å²) in [5.74, 6) is -0.101. The molecule has 0 aromatic heterocycles. The maximum absolute atomic E-state index is 12.3. The summed E-state index contributed by atoms with van der Waals surface area (Å²) in [4.78, 5) is 10.7. The quantitative estimate of drug-likeness (QED) is 0.610. The summed E-state index contributed by atoms with van der Waals surface area (Å²) in [5, 5.41) is 9.38. The summed E-state index contributed by atoms with van der Waals surface area (Å²) in [6, 6.07) is 4.46. The lowest BCUT2D eigenvalue weighted by molar-refractivity contribution is 0.112. The molecule has 0 saturated carbocycles. The van der Waals surface area contributed by atoms with Crippen LogP contribution in [0.2, 0.25) is 0 Å². The minimum Gasteiger partial charge on any atom is -0.507 e. The Morgan fingerprint density at radius 2 is 1.89 bits per heavy atom. The van der Waals surface area contributed by atoms with Crippen LogP contribution in [-0.2, 0) is 19.8 Å². The molecule has 6 heteroatoms. The van der Waals surface area contributed by atoms with Gasteiger partial charge in [-0.25, -0.2) is 0 Å². The number of carbonyl (C=O) groups excluding carboxylic acids is 1. The third kappa shape index (κ3) is 3.95. The normalized spacial score (nSPS) is 11.4. The van der Waals surface area contributed by atoms with Crippen LogP contribution in [0, 0.1) is 0 Å². The molecular formula is C12H17O5P. The molecule has 0 heterocycles. The van der Waals surface area contributed by atoms with Crippen molar-refractivity contribution in [2.24, 2.45) is 0 Å². The molecule has 18 heavy (non-hydrogen) atoms. The number of aldehydes is 1.